The second kappa shape index (κ2) is 2.50. The van der Waals surface area contributed by atoms with E-state index >= 15 is 0 Å². The van der Waals surface area contributed by atoms with Crippen molar-refractivity contribution in [2.75, 3.05) is 0 Å². The van der Waals surface area contributed by atoms with Gasteiger partial charge >= 0.3 is 5.97 Å². The predicted octanol–water partition coefficient (Wildman–Crippen LogP) is 2.24. The molecule has 14 heavy (non-hydrogen) atoms. The zero-order valence-corrected chi connectivity index (χ0v) is 8.08. The maximum Gasteiger partial charge on any atom is 0.303 e. The van der Waals surface area contributed by atoms with Gasteiger partial charge in [0.1, 0.15) is 5.67 Å². The van der Waals surface area contributed by atoms with E-state index in [0.717, 1.165) is 25.7 Å². The number of carboxylic acid groups (broad SMARTS) is 1. The monoisotopic (exact) mass is 198 g/mol. The first-order valence-corrected chi connectivity index (χ1v) is 5.52. The minimum Gasteiger partial charge on any atom is -0.481 e. The van der Waals surface area contributed by atoms with Gasteiger partial charge in [0, 0.05) is 6.42 Å². The van der Waals surface area contributed by atoms with Gasteiger partial charge in [-0.3, -0.25) is 4.79 Å². The lowest BCUT2D eigenvalue weighted by Crippen LogP contribution is -2.57. The van der Waals surface area contributed by atoms with Crippen molar-refractivity contribution < 1.29 is 14.3 Å². The molecule has 78 valence electrons. The zero-order chi connectivity index (χ0) is 9.92. The maximum absolute atomic E-state index is 14.3. The molecule has 2 nitrogen and oxygen atoms in total. The molecule has 0 aromatic rings. The van der Waals surface area contributed by atoms with E-state index in [1.807, 2.05) is 0 Å². The molecule has 3 saturated carbocycles. The standard InChI is InChI=1S/C11H15FO2/c12-11-5-6-1-2-8(11)7(4-10(13)14)9(11)3-6/h6-9H,1-5H2,(H,13,14)/t6?,7-,8?,9-,11-/m0/s1. The highest BCUT2D eigenvalue weighted by Gasteiger charge is 2.68. The summed E-state index contributed by atoms with van der Waals surface area (Å²) in [7, 11) is 0. The van der Waals surface area contributed by atoms with Crippen molar-refractivity contribution in [2.45, 2.75) is 37.8 Å². The SMILES string of the molecule is O=C(O)C[C@H]1C2CCC3C[C@@H]1[C@]2(F)C3. The van der Waals surface area contributed by atoms with Gasteiger partial charge in [-0.15, -0.1) is 0 Å². The number of carbonyl (C=O) groups is 1. The number of halogens is 1. The minimum absolute atomic E-state index is 0.0716. The molecule has 0 aromatic heterocycles. The Labute approximate surface area is 82.5 Å². The Bertz CT molecular complexity index is 283. The average Bonchev–Trinajstić information content (AvgIpc) is 2.26. The summed E-state index contributed by atoms with van der Waals surface area (Å²) in [4.78, 5) is 10.6. The molecule has 0 spiro atoms. The van der Waals surface area contributed by atoms with Gasteiger partial charge in [-0.25, -0.2) is 4.39 Å². The van der Waals surface area contributed by atoms with Crippen LogP contribution in [0.1, 0.15) is 32.1 Å². The molecule has 3 fully saturated rings. The summed E-state index contributed by atoms with van der Waals surface area (Å²) in [6.07, 6.45) is 3.91. The Morgan fingerprint density at radius 1 is 1.43 bits per heavy atom. The number of alkyl halides is 1. The molecule has 3 rings (SSSR count). The van der Waals surface area contributed by atoms with Crippen molar-refractivity contribution in [2.24, 2.45) is 23.7 Å². The first-order valence-electron chi connectivity index (χ1n) is 5.52. The van der Waals surface area contributed by atoms with Crippen LogP contribution in [0.5, 0.6) is 0 Å². The van der Waals surface area contributed by atoms with Crippen LogP contribution in [-0.2, 0) is 4.79 Å². The van der Waals surface area contributed by atoms with Crippen LogP contribution in [-0.4, -0.2) is 16.7 Å². The third-order valence-electron chi connectivity index (χ3n) is 4.75. The summed E-state index contributed by atoms with van der Waals surface area (Å²) < 4.78 is 14.3. The van der Waals surface area contributed by atoms with Crippen LogP contribution in [0.3, 0.4) is 0 Å². The molecule has 0 heterocycles. The molecular formula is C11H15FO2. The van der Waals surface area contributed by atoms with Crippen molar-refractivity contribution in [1.82, 2.24) is 0 Å². The Morgan fingerprint density at radius 2 is 2.21 bits per heavy atom. The molecule has 3 aliphatic rings. The summed E-state index contributed by atoms with van der Waals surface area (Å²) in [6, 6.07) is 0. The zero-order valence-electron chi connectivity index (χ0n) is 8.08. The molecular weight excluding hydrogens is 183 g/mol. The second-order valence-electron chi connectivity index (χ2n) is 5.28. The molecule has 3 heteroatoms. The van der Waals surface area contributed by atoms with Crippen LogP contribution < -0.4 is 0 Å². The average molecular weight is 198 g/mol. The number of carboxylic acids is 1. The second-order valence-corrected chi connectivity index (χ2v) is 5.28. The highest BCUT2D eigenvalue weighted by atomic mass is 19.1. The first-order chi connectivity index (χ1) is 6.61. The Kier molecular flexibility index (Phi) is 1.55. The number of hydrogen-bond acceptors (Lipinski definition) is 1. The van der Waals surface area contributed by atoms with Crippen LogP contribution >= 0.6 is 0 Å². The quantitative estimate of drug-likeness (QED) is 0.738. The van der Waals surface area contributed by atoms with Crippen LogP contribution in [0, 0.1) is 23.7 Å². The number of hydrogen-bond donors (Lipinski definition) is 1. The molecule has 2 bridgehead atoms. The first kappa shape index (κ1) is 8.69. The van der Waals surface area contributed by atoms with Crippen LogP contribution in [0.4, 0.5) is 4.39 Å². The summed E-state index contributed by atoms with van der Waals surface area (Å²) in [5.41, 5.74) is -0.955. The van der Waals surface area contributed by atoms with Crippen molar-refractivity contribution in [1.29, 1.82) is 0 Å². The molecule has 1 N–H and O–H groups in total. The maximum atomic E-state index is 14.3. The van der Waals surface area contributed by atoms with Crippen molar-refractivity contribution >= 4 is 5.97 Å². The van der Waals surface area contributed by atoms with Crippen LogP contribution in [0.25, 0.3) is 0 Å². The fourth-order valence-corrected chi connectivity index (χ4v) is 4.28. The Hall–Kier alpha value is -0.600. The van der Waals surface area contributed by atoms with Gasteiger partial charge in [0.2, 0.25) is 0 Å². The van der Waals surface area contributed by atoms with Crippen molar-refractivity contribution in [3.05, 3.63) is 0 Å². The molecule has 5 atom stereocenters. The Balaban J connectivity index is 1.82. The fourth-order valence-electron chi connectivity index (χ4n) is 4.28. The van der Waals surface area contributed by atoms with Gasteiger partial charge in [-0.05, 0) is 49.4 Å². The van der Waals surface area contributed by atoms with Crippen molar-refractivity contribution in [3.8, 4) is 0 Å². The van der Waals surface area contributed by atoms with E-state index in [4.69, 9.17) is 5.11 Å². The third kappa shape index (κ3) is 0.882. The van der Waals surface area contributed by atoms with Gasteiger partial charge in [0.25, 0.3) is 0 Å². The van der Waals surface area contributed by atoms with E-state index < -0.39 is 11.6 Å². The van der Waals surface area contributed by atoms with Gasteiger partial charge in [0.05, 0.1) is 0 Å². The van der Waals surface area contributed by atoms with E-state index in [2.05, 4.69) is 0 Å². The summed E-state index contributed by atoms with van der Waals surface area (Å²) in [5.74, 6) is 0.0934. The number of fused-ring (bicyclic) bond motifs is 1. The lowest BCUT2D eigenvalue weighted by molar-refractivity contribution is -0.158. The smallest absolute Gasteiger partial charge is 0.303 e. The molecule has 0 saturated heterocycles. The highest BCUT2D eigenvalue weighted by molar-refractivity contribution is 5.67. The topological polar surface area (TPSA) is 37.3 Å². The normalized spacial score (nSPS) is 54.1. The third-order valence-corrected chi connectivity index (χ3v) is 4.75. The molecule has 0 aromatic carbocycles. The van der Waals surface area contributed by atoms with E-state index in [1.165, 1.54) is 0 Å². The van der Waals surface area contributed by atoms with Crippen LogP contribution in [0.2, 0.25) is 0 Å². The van der Waals surface area contributed by atoms with Gasteiger partial charge in [-0.1, -0.05) is 0 Å². The fraction of sp³-hybridized carbons (Fsp3) is 0.909. The summed E-state index contributed by atoms with van der Waals surface area (Å²) >= 11 is 0. The van der Waals surface area contributed by atoms with Gasteiger partial charge in [-0.2, -0.15) is 0 Å². The predicted molar refractivity (Wildman–Crippen MR) is 48.5 cm³/mol. The van der Waals surface area contributed by atoms with Crippen molar-refractivity contribution in [3.63, 3.8) is 0 Å². The number of aliphatic carboxylic acids is 1. The largest absolute Gasteiger partial charge is 0.481 e. The molecule has 0 radical (unpaired) electrons. The number of rotatable bonds is 2. The molecule has 3 aliphatic carbocycles. The molecule has 0 aliphatic heterocycles. The summed E-state index contributed by atoms with van der Waals surface area (Å²) in [5, 5.41) is 8.76. The van der Waals surface area contributed by atoms with Gasteiger partial charge < -0.3 is 5.11 Å². The van der Waals surface area contributed by atoms with E-state index in [1.54, 1.807) is 0 Å². The van der Waals surface area contributed by atoms with E-state index in [0.29, 0.717) is 5.92 Å². The van der Waals surface area contributed by atoms with Crippen LogP contribution in [0.15, 0.2) is 0 Å². The summed E-state index contributed by atoms with van der Waals surface area (Å²) in [6.45, 7) is 0. The van der Waals surface area contributed by atoms with E-state index in [9.17, 15) is 9.18 Å². The molecule has 2 unspecified atom stereocenters. The van der Waals surface area contributed by atoms with E-state index in [-0.39, 0.29) is 24.2 Å². The highest BCUT2D eigenvalue weighted by Crippen LogP contribution is 2.68. The minimum atomic E-state index is -0.955. The lowest BCUT2D eigenvalue weighted by Gasteiger charge is -2.54. The van der Waals surface area contributed by atoms with Gasteiger partial charge in [0.15, 0.2) is 0 Å². The Morgan fingerprint density at radius 3 is 2.93 bits per heavy atom. The molecule has 0 amide bonds. The lowest BCUT2D eigenvalue weighted by atomic mass is 9.53.